The van der Waals surface area contributed by atoms with Crippen molar-refractivity contribution in [2.75, 3.05) is 26.4 Å². The fourth-order valence-corrected chi connectivity index (χ4v) is 2.25. The van der Waals surface area contributed by atoms with E-state index in [4.69, 9.17) is 18.9 Å². The van der Waals surface area contributed by atoms with Crippen LogP contribution in [0.2, 0.25) is 0 Å². The molecule has 2 bridgehead atoms. The summed E-state index contributed by atoms with van der Waals surface area (Å²) >= 11 is 0. The van der Waals surface area contributed by atoms with Crippen molar-refractivity contribution in [2.24, 2.45) is 5.41 Å². The highest BCUT2D eigenvalue weighted by atomic mass is 16.9. The molecule has 4 rings (SSSR count). The average Bonchev–Trinajstić information content (AvgIpc) is 2.43. The number of rotatable bonds is 4. The van der Waals surface area contributed by atoms with E-state index in [1.807, 2.05) is 24.3 Å². The van der Waals surface area contributed by atoms with E-state index < -0.39 is 5.97 Å². The van der Waals surface area contributed by atoms with Crippen LogP contribution in [-0.4, -0.2) is 32.4 Å². The molecule has 1 aromatic carbocycles. The highest BCUT2D eigenvalue weighted by Crippen LogP contribution is 2.39. The molecule has 1 aromatic rings. The minimum atomic E-state index is -0.886. The lowest BCUT2D eigenvalue weighted by Crippen LogP contribution is -2.59. The summed E-state index contributed by atoms with van der Waals surface area (Å²) in [4.78, 5) is 0. The van der Waals surface area contributed by atoms with E-state index in [-0.39, 0.29) is 5.41 Å². The Labute approximate surface area is 113 Å². The number of benzene rings is 1. The molecule has 104 valence electrons. The molecule has 0 radical (unpaired) electrons. The van der Waals surface area contributed by atoms with Crippen LogP contribution in [0.25, 0.3) is 0 Å². The highest BCUT2D eigenvalue weighted by molar-refractivity contribution is 5.26. The van der Waals surface area contributed by atoms with Crippen LogP contribution in [-0.2, 0) is 14.2 Å². The molecule has 3 heterocycles. The fraction of sp³-hybridized carbons (Fsp3) is 0.600. The van der Waals surface area contributed by atoms with Gasteiger partial charge in [0, 0.05) is 5.41 Å². The van der Waals surface area contributed by atoms with Crippen molar-refractivity contribution in [3.8, 4) is 5.75 Å². The van der Waals surface area contributed by atoms with Crippen LogP contribution < -0.4 is 4.74 Å². The summed E-state index contributed by atoms with van der Waals surface area (Å²) in [5, 5.41) is 0. The fourth-order valence-electron chi connectivity index (χ4n) is 2.25. The van der Waals surface area contributed by atoms with Gasteiger partial charge in [0.25, 0.3) is 5.97 Å². The van der Waals surface area contributed by atoms with Crippen LogP contribution in [0.1, 0.15) is 18.9 Å². The van der Waals surface area contributed by atoms with Gasteiger partial charge >= 0.3 is 0 Å². The SMILES string of the molecule is Cc1ccc(OCCC23OCC(C)(CO2)CO3)cc1. The van der Waals surface area contributed by atoms with Crippen LogP contribution in [0.5, 0.6) is 5.75 Å². The minimum Gasteiger partial charge on any atom is -0.493 e. The Morgan fingerprint density at radius 2 is 1.63 bits per heavy atom. The van der Waals surface area contributed by atoms with Crippen LogP contribution in [0.4, 0.5) is 0 Å². The Hall–Kier alpha value is -1.10. The van der Waals surface area contributed by atoms with Crippen molar-refractivity contribution in [3.63, 3.8) is 0 Å². The van der Waals surface area contributed by atoms with Gasteiger partial charge in [-0.1, -0.05) is 24.6 Å². The zero-order valence-electron chi connectivity index (χ0n) is 11.5. The van der Waals surface area contributed by atoms with Crippen molar-refractivity contribution in [3.05, 3.63) is 29.8 Å². The van der Waals surface area contributed by atoms with Gasteiger partial charge in [-0.2, -0.15) is 0 Å². The Balaban J connectivity index is 1.51. The molecule has 0 unspecified atom stereocenters. The number of aryl methyl sites for hydroxylation is 1. The van der Waals surface area contributed by atoms with Crippen molar-refractivity contribution < 1.29 is 18.9 Å². The molecular weight excluding hydrogens is 244 g/mol. The van der Waals surface area contributed by atoms with E-state index in [0.29, 0.717) is 32.8 Å². The van der Waals surface area contributed by atoms with Gasteiger partial charge < -0.3 is 18.9 Å². The maximum atomic E-state index is 5.70. The van der Waals surface area contributed by atoms with Crippen LogP contribution in [0, 0.1) is 12.3 Å². The molecule has 3 aliphatic heterocycles. The summed E-state index contributed by atoms with van der Waals surface area (Å²) in [6, 6.07) is 8.00. The van der Waals surface area contributed by atoms with E-state index in [1.165, 1.54) is 5.56 Å². The normalized spacial score (nSPS) is 33.4. The molecule has 0 aromatic heterocycles. The summed E-state index contributed by atoms with van der Waals surface area (Å²) in [5.74, 6) is -0.0268. The monoisotopic (exact) mass is 264 g/mol. The third-order valence-electron chi connectivity index (χ3n) is 3.62. The first kappa shape index (κ1) is 12.9. The lowest BCUT2D eigenvalue weighted by Gasteiger charge is -2.50. The summed E-state index contributed by atoms with van der Waals surface area (Å²) in [5.41, 5.74) is 1.24. The van der Waals surface area contributed by atoms with E-state index >= 15 is 0 Å². The molecule has 0 saturated carbocycles. The topological polar surface area (TPSA) is 36.9 Å². The first-order valence-electron chi connectivity index (χ1n) is 6.71. The summed E-state index contributed by atoms with van der Waals surface area (Å²) in [6.45, 7) is 6.75. The first-order chi connectivity index (χ1) is 9.09. The van der Waals surface area contributed by atoms with Crippen molar-refractivity contribution in [2.45, 2.75) is 26.2 Å². The summed E-state index contributed by atoms with van der Waals surface area (Å²) < 4.78 is 22.8. The maximum Gasteiger partial charge on any atom is 0.286 e. The molecule has 0 aliphatic carbocycles. The molecule has 3 aliphatic rings. The second-order valence-electron chi connectivity index (χ2n) is 5.77. The molecule has 0 atom stereocenters. The van der Waals surface area contributed by atoms with Crippen LogP contribution >= 0.6 is 0 Å². The van der Waals surface area contributed by atoms with Gasteiger partial charge in [-0.15, -0.1) is 0 Å². The Morgan fingerprint density at radius 1 is 1.05 bits per heavy atom. The van der Waals surface area contributed by atoms with E-state index in [1.54, 1.807) is 0 Å². The maximum absolute atomic E-state index is 5.70. The number of hydrogen-bond donors (Lipinski definition) is 0. The molecule has 3 fully saturated rings. The number of fused-ring (bicyclic) bond motifs is 3. The largest absolute Gasteiger partial charge is 0.493 e. The van der Waals surface area contributed by atoms with Crippen molar-refractivity contribution >= 4 is 0 Å². The van der Waals surface area contributed by atoms with E-state index in [0.717, 1.165) is 5.75 Å². The quantitative estimate of drug-likeness (QED) is 0.837. The predicted molar refractivity (Wildman–Crippen MR) is 70.0 cm³/mol. The second kappa shape index (κ2) is 4.78. The second-order valence-corrected chi connectivity index (χ2v) is 5.77. The Bertz CT molecular complexity index is 415. The molecule has 0 spiro atoms. The Kier molecular flexibility index (Phi) is 3.25. The van der Waals surface area contributed by atoms with Gasteiger partial charge in [0.15, 0.2) is 0 Å². The van der Waals surface area contributed by atoms with Crippen molar-refractivity contribution in [1.82, 2.24) is 0 Å². The van der Waals surface area contributed by atoms with E-state index in [9.17, 15) is 0 Å². The number of hydrogen-bond acceptors (Lipinski definition) is 4. The lowest BCUT2D eigenvalue weighted by atomic mass is 9.91. The van der Waals surface area contributed by atoms with Crippen LogP contribution in [0.3, 0.4) is 0 Å². The Morgan fingerprint density at radius 3 is 2.21 bits per heavy atom. The molecule has 0 N–H and O–H groups in total. The third kappa shape index (κ3) is 2.76. The van der Waals surface area contributed by atoms with Gasteiger partial charge in [-0.05, 0) is 19.1 Å². The zero-order valence-corrected chi connectivity index (χ0v) is 11.5. The molecule has 3 saturated heterocycles. The molecular formula is C15H20O4. The molecule has 4 nitrogen and oxygen atoms in total. The lowest BCUT2D eigenvalue weighted by molar-refractivity contribution is -0.468. The standard InChI is InChI=1S/C15H20O4/c1-12-3-5-13(6-4-12)16-8-7-15-17-9-14(2,10-18-15)11-19-15/h3-6H,7-11H2,1-2H3. The molecule has 4 heteroatoms. The van der Waals surface area contributed by atoms with Gasteiger partial charge in [0.1, 0.15) is 5.75 Å². The highest BCUT2D eigenvalue weighted by Gasteiger charge is 2.50. The van der Waals surface area contributed by atoms with Gasteiger partial charge in [-0.25, -0.2) is 0 Å². The smallest absolute Gasteiger partial charge is 0.286 e. The average molecular weight is 264 g/mol. The minimum absolute atomic E-state index is 0.0135. The molecule has 0 amide bonds. The number of ether oxygens (including phenoxy) is 4. The summed E-state index contributed by atoms with van der Waals surface area (Å²) in [7, 11) is 0. The summed E-state index contributed by atoms with van der Waals surface area (Å²) in [6.07, 6.45) is 0.580. The van der Waals surface area contributed by atoms with Crippen LogP contribution in [0.15, 0.2) is 24.3 Å². The predicted octanol–water partition coefficient (Wildman–Crippen LogP) is 2.50. The third-order valence-corrected chi connectivity index (χ3v) is 3.62. The van der Waals surface area contributed by atoms with Gasteiger partial charge in [-0.3, -0.25) is 0 Å². The molecule has 19 heavy (non-hydrogen) atoms. The van der Waals surface area contributed by atoms with Gasteiger partial charge in [0.2, 0.25) is 0 Å². The van der Waals surface area contributed by atoms with Crippen molar-refractivity contribution in [1.29, 1.82) is 0 Å². The van der Waals surface area contributed by atoms with Gasteiger partial charge in [0.05, 0.1) is 32.8 Å². The first-order valence-corrected chi connectivity index (χ1v) is 6.71. The van der Waals surface area contributed by atoms with E-state index in [2.05, 4.69) is 13.8 Å². The zero-order chi connectivity index (χ0) is 13.3.